The largest absolute Gasteiger partial charge is 0.464 e. The highest BCUT2D eigenvalue weighted by molar-refractivity contribution is 5.87. The van der Waals surface area contributed by atoms with Crippen LogP contribution in [0.5, 0.6) is 0 Å². The molecular weight excluding hydrogens is 274 g/mol. The Bertz CT molecular complexity index is 790. The molecule has 1 aromatic heterocycles. The van der Waals surface area contributed by atoms with E-state index in [1.807, 2.05) is 62.5 Å². The summed E-state index contributed by atoms with van der Waals surface area (Å²) >= 11 is 0. The third-order valence-corrected chi connectivity index (χ3v) is 3.84. The van der Waals surface area contributed by atoms with Gasteiger partial charge in [-0.2, -0.15) is 0 Å². The van der Waals surface area contributed by atoms with Crippen molar-refractivity contribution in [2.24, 2.45) is 0 Å². The van der Waals surface area contributed by atoms with Crippen LogP contribution in [0.2, 0.25) is 0 Å². The number of hydrogen-bond acceptors (Lipinski definition) is 2. The first-order chi connectivity index (χ1) is 10.6. The van der Waals surface area contributed by atoms with Crippen LogP contribution < -0.4 is 0 Å². The molecule has 0 spiro atoms. The van der Waals surface area contributed by atoms with E-state index in [0.717, 1.165) is 27.7 Å². The van der Waals surface area contributed by atoms with Gasteiger partial charge in [0.1, 0.15) is 5.58 Å². The second-order valence-corrected chi connectivity index (χ2v) is 5.67. The number of likely N-dealkylation sites (N-methyl/N-ethyl adjacent to an activating group) is 1. The zero-order valence-corrected chi connectivity index (χ0v) is 12.9. The standard InChI is InChI=1S/C19H19NO2/c1-14-8-9-17-16(13-22-18(17)10-14)11-19(21)20(2)12-15-6-4-3-5-7-15/h3-10,13H,11-12H2,1-2H3. The number of fused-ring (bicyclic) bond motifs is 1. The molecule has 3 aromatic rings. The SMILES string of the molecule is Cc1ccc2c(CC(=O)N(C)Cc3ccccc3)coc2c1. The molecule has 1 amide bonds. The molecule has 2 aromatic carbocycles. The van der Waals surface area contributed by atoms with Crippen LogP contribution >= 0.6 is 0 Å². The molecule has 0 saturated carbocycles. The van der Waals surface area contributed by atoms with Crippen LogP contribution in [0.4, 0.5) is 0 Å². The molecule has 0 aliphatic heterocycles. The van der Waals surface area contributed by atoms with Gasteiger partial charge in [0.05, 0.1) is 12.7 Å². The van der Waals surface area contributed by atoms with E-state index in [0.29, 0.717) is 13.0 Å². The lowest BCUT2D eigenvalue weighted by Crippen LogP contribution is -2.27. The first kappa shape index (κ1) is 14.4. The van der Waals surface area contributed by atoms with E-state index in [-0.39, 0.29) is 5.91 Å². The highest BCUT2D eigenvalue weighted by atomic mass is 16.3. The van der Waals surface area contributed by atoms with E-state index < -0.39 is 0 Å². The maximum Gasteiger partial charge on any atom is 0.227 e. The second-order valence-electron chi connectivity index (χ2n) is 5.67. The van der Waals surface area contributed by atoms with E-state index in [4.69, 9.17) is 4.42 Å². The average Bonchev–Trinajstić information content (AvgIpc) is 2.90. The molecule has 3 rings (SSSR count). The van der Waals surface area contributed by atoms with Gasteiger partial charge in [-0.1, -0.05) is 42.5 Å². The van der Waals surface area contributed by atoms with Crippen LogP contribution in [0.3, 0.4) is 0 Å². The molecule has 0 aliphatic rings. The van der Waals surface area contributed by atoms with Crippen molar-refractivity contribution in [3.63, 3.8) is 0 Å². The number of carbonyl (C=O) groups is 1. The molecule has 112 valence electrons. The molecule has 22 heavy (non-hydrogen) atoms. The quantitative estimate of drug-likeness (QED) is 0.730. The van der Waals surface area contributed by atoms with Crippen LogP contribution in [-0.4, -0.2) is 17.9 Å². The van der Waals surface area contributed by atoms with Crippen LogP contribution in [0.15, 0.2) is 59.2 Å². The second kappa shape index (κ2) is 6.06. The Morgan fingerprint density at radius 2 is 1.91 bits per heavy atom. The predicted molar refractivity (Wildman–Crippen MR) is 87.6 cm³/mol. The summed E-state index contributed by atoms with van der Waals surface area (Å²) in [5.41, 5.74) is 4.07. The summed E-state index contributed by atoms with van der Waals surface area (Å²) in [7, 11) is 1.84. The maximum absolute atomic E-state index is 12.4. The summed E-state index contributed by atoms with van der Waals surface area (Å²) < 4.78 is 5.56. The summed E-state index contributed by atoms with van der Waals surface area (Å²) in [6, 6.07) is 16.1. The molecule has 0 fully saturated rings. The van der Waals surface area contributed by atoms with Gasteiger partial charge in [-0.3, -0.25) is 4.79 Å². The lowest BCUT2D eigenvalue weighted by Gasteiger charge is -2.17. The fraction of sp³-hybridized carbons (Fsp3) is 0.211. The number of benzene rings is 2. The third-order valence-electron chi connectivity index (χ3n) is 3.84. The minimum absolute atomic E-state index is 0.0899. The normalized spacial score (nSPS) is 10.8. The molecule has 0 saturated heterocycles. The number of amides is 1. The Kier molecular flexibility index (Phi) is 3.96. The highest BCUT2D eigenvalue weighted by Gasteiger charge is 2.14. The summed E-state index contributed by atoms with van der Waals surface area (Å²) in [6.07, 6.45) is 2.05. The predicted octanol–water partition coefficient (Wildman–Crippen LogP) is 3.94. The van der Waals surface area contributed by atoms with Crippen molar-refractivity contribution >= 4 is 16.9 Å². The molecule has 0 N–H and O–H groups in total. The fourth-order valence-corrected chi connectivity index (χ4v) is 2.57. The van der Waals surface area contributed by atoms with Crippen molar-refractivity contribution in [3.8, 4) is 0 Å². The van der Waals surface area contributed by atoms with Crippen LogP contribution in [-0.2, 0) is 17.8 Å². The minimum Gasteiger partial charge on any atom is -0.464 e. The number of furan rings is 1. The first-order valence-electron chi connectivity index (χ1n) is 7.38. The number of rotatable bonds is 4. The molecule has 0 aliphatic carbocycles. The van der Waals surface area contributed by atoms with Gasteiger partial charge in [0.25, 0.3) is 0 Å². The van der Waals surface area contributed by atoms with Crippen LogP contribution in [0.1, 0.15) is 16.7 Å². The lowest BCUT2D eigenvalue weighted by atomic mass is 10.1. The van der Waals surface area contributed by atoms with Crippen molar-refractivity contribution in [2.75, 3.05) is 7.05 Å². The smallest absolute Gasteiger partial charge is 0.227 e. The number of nitrogens with zero attached hydrogens (tertiary/aromatic N) is 1. The summed E-state index contributed by atoms with van der Waals surface area (Å²) in [6.45, 7) is 2.65. The Morgan fingerprint density at radius 3 is 2.68 bits per heavy atom. The lowest BCUT2D eigenvalue weighted by molar-refractivity contribution is -0.129. The molecule has 0 bridgehead atoms. The highest BCUT2D eigenvalue weighted by Crippen LogP contribution is 2.23. The number of aryl methyl sites for hydroxylation is 1. The van der Waals surface area contributed by atoms with Gasteiger partial charge >= 0.3 is 0 Å². The van der Waals surface area contributed by atoms with E-state index in [1.165, 1.54) is 0 Å². The van der Waals surface area contributed by atoms with Gasteiger partial charge in [0.2, 0.25) is 5.91 Å². The van der Waals surface area contributed by atoms with Crippen molar-refractivity contribution in [3.05, 3.63) is 71.5 Å². The third kappa shape index (κ3) is 3.03. The molecule has 1 heterocycles. The van der Waals surface area contributed by atoms with E-state index >= 15 is 0 Å². The number of carbonyl (C=O) groups excluding carboxylic acids is 1. The number of hydrogen-bond donors (Lipinski definition) is 0. The molecule has 0 radical (unpaired) electrons. The summed E-state index contributed by atoms with van der Waals surface area (Å²) in [4.78, 5) is 14.2. The van der Waals surface area contributed by atoms with Gasteiger partial charge < -0.3 is 9.32 Å². The van der Waals surface area contributed by atoms with E-state index in [2.05, 4.69) is 0 Å². The molecule has 0 atom stereocenters. The fourth-order valence-electron chi connectivity index (χ4n) is 2.57. The van der Waals surface area contributed by atoms with Gasteiger partial charge in [0, 0.05) is 24.5 Å². The van der Waals surface area contributed by atoms with Crippen molar-refractivity contribution in [2.45, 2.75) is 19.9 Å². The summed E-state index contributed by atoms with van der Waals surface area (Å²) in [5.74, 6) is 0.0899. The molecular formula is C19H19NO2. The van der Waals surface area contributed by atoms with Gasteiger partial charge in [-0.25, -0.2) is 0 Å². The zero-order valence-electron chi connectivity index (χ0n) is 12.9. The minimum atomic E-state index is 0.0899. The van der Waals surface area contributed by atoms with Crippen molar-refractivity contribution < 1.29 is 9.21 Å². The Hall–Kier alpha value is -2.55. The Balaban J connectivity index is 1.72. The van der Waals surface area contributed by atoms with Crippen LogP contribution in [0.25, 0.3) is 11.0 Å². The average molecular weight is 293 g/mol. The Morgan fingerprint density at radius 1 is 1.14 bits per heavy atom. The Labute approximate surface area is 130 Å². The van der Waals surface area contributed by atoms with Crippen molar-refractivity contribution in [1.82, 2.24) is 4.90 Å². The van der Waals surface area contributed by atoms with Gasteiger partial charge in [0.15, 0.2) is 0 Å². The zero-order chi connectivity index (χ0) is 15.5. The van der Waals surface area contributed by atoms with Gasteiger partial charge in [-0.15, -0.1) is 0 Å². The van der Waals surface area contributed by atoms with E-state index in [1.54, 1.807) is 11.2 Å². The monoisotopic (exact) mass is 293 g/mol. The van der Waals surface area contributed by atoms with Crippen LogP contribution in [0, 0.1) is 6.92 Å². The topological polar surface area (TPSA) is 33.5 Å². The van der Waals surface area contributed by atoms with Crippen molar-refractivity contribution in [1.29, 1.82) is 0 Å². The first-order valence-corrected chi connectivity index (χ1v) is 7.38. The van der Waals surface area contributed by atoms with Gasteiger partial charge in [-0.05, 0) is 24.1 Å². The van der Waals surface area contributed by atoms with E-state index in [9.17, 15) is 4.79 Å². The molecule has 3 heteroatoms. The summed E-state index contributed by atoms with van der Waals surface area (Å²) in [5, 5.41) is 1.02. The maximum atomic E-state index is 12.4. The molecule has 0 unspecified atom stereocenters. The molecule has 3 nitrogen and oxygen atoms in total.